The van der Waals surface area contributed by atoms with Crippen molar-refractivity contribution in [2.75, 3.05) is 32.7 Å². The summed E-state index contributed by atoms with van der Waals surface area (Å²) in [4.78, 5) is 31.3. The zero-order valence-electron chi connectivity index (χ0n) is 17.3. The van der Waals surface area contributed by atoms with Gasteiger partial charge in [-0.25, -0.2) is 4.79 Å². The molecule has 0 aliphatic carbocycles. The van der Waals surface area contributed by atoms with Crippen molar-refractivity contribution < 1.29 is 14.3 Å². The van der Waals surface area contributed by atoms with E-state index in [0.29, 0.717) is 36.1 Å². The van der Waals surface area contributed by atoms with Gasteiger partial charge in [0.05, 0.1) is 10.0 Å². The molecule has 29 heavy (non-hydrogen) atoms. The molecule has 0 aromatic heterocycles. The van der Waals surface area contributed by atoms with Crippen molar-refractivity contribution in [2.45, 2.75) is 51.8 Å². The van der Waals surface area contributed by atoms with Crippen molar-refractivity contribution in [2.24, 2.45) is 0 Å². The number of likely N-dealkylation sites (tertiary alicyclic amines) is 1. The summed E-state index contributed by atoms with van der Waals surface area (Å²) in [7, 11) is 0. The number of carbonyl (C=O) groups is 2. The van der Waals surface area contributed by atoms with Gasteiger partial charge in [-0.15, -0.1) is 0 Å². The first-order valence-corrected chi connectivity index (χ1v) is 10.8. The quantitative estimate of drug-likeness (QED) is 0.709. The fourth-order valence-corrected chi connectivity index (χ4v) is 4.12. The first-order valence-electron chi connectivity index (χ1n) is 10.1. The van der Waals surface area contributed by atoms with E-state index < -0.39 is 17.7 Å². The van der Waals surface area contributed by atoms with E-state index in [9.17, 15) is 9.59 Å². The molecule has 2 amide bonds. The number of hydrogen-bond acceptors (Lipinski definition) is 4. The van der Waals surface area contributed by atoms with Crippen molar-refractivity contribution in [3.63, 3.8) is 0 Å². The zero-order valence-corrected chi connectivity index (χ0v) is 18.8. The lowest BCUT2D eigenvalue weighted by Gasteiger charge is -2.37. The van der Waals surface area contributed by atoms with E-state index in [1.54, 1.807) is 4.90 Å². The summed E-state index contributed by atoms with van der Waals surface area (Å²) in [6.45, 7) is 9.73. The molecule has 1 unspecified atom stereocenters. The van der Waals surface area contributed by atoms with Crippen LogP contribution in [0.2, 0.25) is 10.0 Å². The van der Waals surface area contributed by atoms with Crippen molar-refractivity contribution in [3.05, 3.63) is 33.8 Å². The van der Waals surface area contributed by atoms with Crippen LogP contribution in [0.15, 0.2) is 18.2 Å². The van der Waals surface area contributed by atoms with Gasteiger partial charge in [-0.3, -0.25) is 14.6 Å². The maximum atomic E-state index is 13.1. The lowest BCUT2D eigenvalue weighted by molar-refractivity contribution is -0.137. The summed E-state index contributed by atoms with van der Waals surface area (Å²) in [6.07, 6.45) is 1.13. The average molecular weight is 442 g/mol. The highest BCUT2D eigenvalue weighted by atomic mass is 35.5. The predicted octanol–water partition coefficient (Wildman–Crippen LogP) is 4.04. The number of hydrogen-bond donors (Lipinski definition) is 0. The van der Waals surface area contributed by atoms with Gasteiger partial charge in [0, 0.05) is 39.3 Å². The number of benzene rings is 1. The second-order valence-corrected chi connectivity index (χ2v) is 9.50. The minimum Gasteiger partial charge on any atom is -0.444 e. The van der Waals surface area contributed by atoms with Crippen LogP contribution in [0.5, 0.6) is 0 Å². The molecule has 2 aliphatic heterocycles. The third-order valence-electron chi connectivity index (χ3n) is 5.24. The topological polar surface area (TPSA) is 53.1 Å². The molecule has 2 fully saturated rings. The first kappa shape index (κ1) is 22.2. The van der Waals surface area contributed by atoms with Crippen molar-refractivity contribution in [3.8, 4) is 0 Å². The minimum absolute atomic E-state index is 0.0301. The van der Waals surface area contributed by atoms with Crippen LogP contribution in [0.4, 0.5) is 4.79 Å². The van der Waals surface area contributed by atoms with Crippen LogP contribution in [0.3, 0.4) is 0 Å². The van der Waals surface area contributed by atoms with Crippen LogP contribution in [-0.2, 0) is 16.1 Å². The van der Waals surface area contributed by atoms with Crippen LogP contribution in [-0.4, -0.2) is 71.1 Å². The smallest absolute Gasteiger partial charge is 0.410 e. The normalized spacial score (nSPS) is 20.8. The molecule has 1 aromatic carbocycles. The van der Waals surface area contributed by atoms with Gasteiger partial charge in [-0.1, -0.05) is 29.3 Å². The molecule has 0 spiro atoms. The largest absolute Gasteiger partial charge is 0.444 e. The molecule has 6 nitrogen and oxygen atoms in total. The SMILES string of the molecule is CC(C)(C)OC(=O)N1CCCC1C(=O)N1CCN(Cc2ccc(Cl)c(Cl)c2)CC1. The van der Waals surface area contributed by atoms with Crippen molar-refractivity contribution in [1.29, 1.82) is 0 Å². The summed E-state index contributed by atoms with van der Waals surface area (Å²) >= 11 is 12.1. The Bertz CT molecular complexity index is 758. The molecule has 2 saturated heterocycles. The highest BCUT2D eigenvalue weighted by molar-refractivity contribution is 6.42. The fraction of sp³-hybridized carbons (Fsp3) is 0.619. The van der Waals surface area contributed by atoms with Gasteiger partial charge >= 0.3 is 6.09 Å². The van der Waals surface area contributed by atoms with E-state index in [1.807, 2.05) is 43.9 Å². The Morgan fingerprint density at radius 3 is 2.38 bits per heavy atom. The minimum atomic E-state index is -0.566. The Hall–Kier alpha value is -1.50. The standard InChI is InChI=1S/C21H29Cl2N3O3/c1-21(2,3)29-20(28)26-8-4-5-18(26)19(27)25-11-9-24(10-12-25)14-15-6-7-16(22)17(23)13-15/h6-7,13,18H,4-5,8-12,14H2,1-3H3. The molecule has 1 atom stereocenters. The monoisotopic (exact) mass is 441 g/mol. The summed E-state index contributed by atoms with van der Waals surface area (Å²) in [5.41, 5.74) is 0.537. The van der Waals surface area contributed by atoms with Gasteiger partial charge in [-0.05, 0) is 51.3 Å². The van der Waals surface area contributed by atoms with E-state index >= 15 is 0 Å². The molecule has 3 rings (SSSR count). The highest BCUT2D eigenvalue weighted by Crippen LogP contribution is 2.25. The summed E-state index contributed by atoms with van der Waals surface area (Å²) < 4.78 is 5.48. The van der Waals surface area contributed by atoms with E-state index in [1.165, 1.54) is 0 Å². The Kier molecular flexibility index (Phi) is 6.97. The molecule has 0 radical (unpaired) electrons. The fourth-order valence-electron chi connectivity index (χ4n) is 3.80. The van der Waals surface area contributed by atoms with E-state index in [4.69, 9.17) is 27.9 Å². The lowest BCUT2D eigenvalue weighted by Crippen LogP contribution is -2.54. The molecular weight excluding hydrogens is 413 g/mol. The highest BCUT2D eigenvalue weighted by Gasteiger charge is 2.39. The number of carbonyl (C=O) groups excluding carboxylic acids is 2. The lowest BCUT2D eigenvalue weighted by atomic mass is 10.1. The molecular formula is C21H29Cl2N3O3. The van der Waals surface area contributed by atoms with Crippen molar-refractivity contribution >= 4 is 35.2 Å². The van der Waals surface area contributed by atoms with Gasteiger partial charge in [0.15, 0.2) is 0 Å². The Morgan fingerprint density at radius 1 is 1.07 bits per heavy atom. The van der Waals surface area contributed by atoms with Crippen LogP contribution < -0.4 is 0 Å². The molecule has 0 bridgehead atoms. The van der Waals surface area contributed by atoms with Crippen LogP contribution in [0.25, 0.3) is 0 Å². The number of ether oxygens (including phenoxy) is 1. The molecule has 160 valence electrons. The van der Waals surface area contributed by atoms with Gasteiger partial charge < -0.3 is 9.64 Å². The maximum Gasteiger partial charge on any atom is 0.410 e. The summed E-state index contributed by atoms with van der Waals surface area (Å²) in [5, 5.41) is 1.11. The molecule has 8 heteroatoms. The molecule has 2 aliphatic rings. The second-order valence-electron chi connectivity index (χ2n) is 8.68. The Morgan fingerprint density at radius 2 is 1.76 bits per heavy atom. The second kappa shape index (κ2) is 9.11. The van der Waals surface area contributed by atoms with Crippen LogP contribution in [0.1, 0.15) is 39.2 Å². The van der Waals surface area contributed by atoms with Gasteiger partial charge in [-0.2, -0.15) is 0 Å². The molecule has 0 saturated carbocycles. The third-order valence-corrected chi connectivity index (χ3v) is 5.98. The summed E-state index contributed by atoms with van der Waals surface area (Å²) in [6, 6.07) is 5.26. The Labute approximate surface area is 182 Å². The molecule has 1 aromatic rings. The number of amides is 2. The number of nitrogens with zero attached hydrogens (tertiary/aromatic N) is 3. The first-order chi connectivity index (χ1) is 13.6. The van der Waals surface area contributed by atoms with Gasteiger partial charge in [0.25, 0.3) is 0 Å². The predicted molar refractivity (Wildman–Crippen MR) is 114 cm³/mol. The average Bonchev–Trinajstić information content (AvgIpc) is 3.13. The number of halogens is 2. The van der Waals surface area contributed by atoms with Gasteiger partial charge in [0.1, 0.15) is 11.6 Å². The molecule has 0 N–H and O–H groups in total. The third kappa shape index (κ3) is 5.77. The maximum absolute atomic E-state index is 13.1. The number of rotatable bonds is 3. The van der Waals surface area contributed by atoms with E-state index in [-0.39, 0.29) is 5.91 Å². The Balaban J connectivity index is 1.53. The van der Waals surface area contributed by atoms with Crippen LogP contribution >= 0.6 is 23.2 Å². The van der Waals surface area contributed by atoms with Crippen molar-refractivity contribution in [1.82, 2.24) is 14.7 Å². The summed E-state index contributed by atoms with van der Waals surface area (Å²) in [5.74, 6) is 0.0301. The number of piperazine rings is 1. The van der Waals surface area contributed by atoms with E-state index in [0.717, 1.165) is 31.6 Å². The van der Waals surface area contributed by atoms with Gasteiger partial charge in [0.2, 0.25) is 5.91 Å². The van der Waals surface area contributed by atoms with E-state index in [2.05, 4.69) is 4.90 Å². The zero-order chi connectivity index (χ0) is 21.2. The van der Waals surface area contributed by atoms with Crippen LogP contribution in [0, 0.1) is 0 Å². The molecule has 2 heterocycles.